The highest BCUT2D eigenvalue weighted by molar-refractivity contribution is 9.11. The van der Waals surface area contributed by atoms with E-state index in [2.05, 4.69) is 27.5 Å². The Kier molecular flexibility index (Phi) is 1.81. The molecule has 0 atom stereocenters. The van der Waals surface area contributed by atoms with Gasteiger partial charge in [-0.25, -0.2) is 4.98 Å². The minimum absolute atomic E-state index is 0.910. The second-order valence-corrected chi connectivity index (χ2v) is 3.56. The first-order valence-corrected chi connectivity index (χ1v) is 3.67. The SMILES string of the molecule is C=Cc1cnc(Br)s1. The van der Waals surface area contributed by atoms with Crippen molar-refractivity contribution in [3.05, 3.63) is 21.6 Å². The van der Waals surface area contributed by atoms with E-state index in [9.17, 15) is 0 Å². The van der Waals surface area contributed by atoms with Crippen LogP contribution < -0.4 is 0 Å². The van der Waals surface area contributed by atoms with E-state index in [-0.39, 0.29) is 0 Å². The van der Waals surface area contributed by atoms with Crippen molar-refractivity contribution >= 4 is 33.3 Å². The molecule has 0 amide bonds. The van der Waals surface area contributed by atoms with E-state index in [1.54, 1.807) is 23.6 Å². The standard InChI is InChI=1S/C5H4BrNS/c1-2-4-3-7-5(6)8-4/h2-3H,1H2. The van der Waals surface area contributed by atoms with E-state index in [1.165, 1.54) is 0 Å². The lowest BCUT2D eigenvalue weighted by atomic mass is 10.6. The van der Waals surface area contributed by atoms with Crippen molar-refractivity contribution in [2.45, 2.75) is 0 Å². The number of halogens is 1. The highest BCUT2D eigenvalue weighted by atomic mass is 79.9. The van der Waals surface area contributed by atoms with Crippen LogP contribution in [0.25, 0.3) is 6.08 Å². The molecule has 0 fully saturated rings. The van der Waals surface area contributed by atoms with Gasteiger partial charge in [-0.05, 0) is 15.9 Å². The summed E-state index contributed by atoms with van der Waals surface area (Å²) in [6, 6.07) is 0. The van der Waals surface area contributed by atoms with Gasteiger partial charge in [-0.3, -0.25) is 0 Å². The maximum atomic E-state index is 3.95. The van der Waals surface area contributed by atoms with Crippen molar-refractivity contribution in [2.24, 2.45) is 0 Å². The summed E-state index contributed by atoms with van der Waals surface area (Å²) in [6.45, 7) is 3.59. The van der Waals surface area contributed by atoms with Crippen LogP contribution in [-0.4, -0.2) is 4.98 Å². The number of nitrogens with zero attached hydrogens (tertiary/aromatic N) is 1. The lowest BCUT2D eigenvalue weighted by molar-refractivity contribution is 1.38. The zero-order valence-corrected chi connectivity index (χ0v) is 6.50. The molecule has 42 valence electrons. The van der Waals surface area contributed by atoms with Crippen LogP contribution >= 0.6 is 27.3 Å². The summed E-state index contributed by atoms with van der Waals surface area (Å²) < 4.78 is 0.910. The first-order valence-electron chi connectivity index (χ1n) is 2.06. The van der Waals surface area contributed by atoms with Gasteiger partial charge < -0.3 is 0 Å². The third kappa shape index (κ3) is 1.17. The molecule has 1 aromatic heterocycles. The van der Waals surface area contributed by atoms with Crippen molar-refractivity contribution in [3.63, 3.8) is 0 Å². The Morgan fingerprint density at radius 1 is 1.88 bits per heavy atom. The summed E-state index contributed by atoms with van der Waals surface area (Å²) in [5, 5.41) is 0. The number of rotatable bonds is 1. The smallest absolute Gasteiger partial charge is 0.159 e. The second-order valence-electron chi connectivity index (χ2n) is 1.22. The molecular formula is C5H4BrNS. The molecule has 3 heteroatoms. The van der Waals surface area contributed by atoms with Crippen LogP contribution in [-0.2, 0) is 0 Å². The van der Waals surface area contributed by atoms with E-state index >= 15 is 0 Å². The van der Waals surface area contributed by atoms with E-state index in [0.717, 1.165) is 8.79 Å². The molecule has 0 unspecified atom stereocenters. The van der Waals surface area contributed by atoms with Gasteiger partial charge in [0.2, 0.25) is 0 Å². The molecule has 0 spiro atoms. The van der Waals surface area contributed by atoms with Gasteiger partial charge in [0, 0.05) is 11.1 Å². The van der Waals surface area contributed by atoms with Crippen molar-refractivity contribution in [2.75, 3.05) is 0 Å². The zero-order chi connectivity index (χ0) is 5.98. The fraction of sp³-hybridized carbons (Fsp3) is 0. The summed E-state index contributed by atoms with van der Waals surface area (Å²) >= 11 is 4.81. The van der Waals surface area contributed by atoms with Crippen molar-refractivity contribution in [1.29, 1.82) is 0 Å². The number of aromatic nitrogens is 1. The van der Waals surface area contributed by atoms with E-state index < -0.39 is 0 Å². The zero-order valence-electron chi connectivity index (χ0n) is 4.10. The molecule has 0 aromatic carbocycles. The van der Waals surface area contributed by atoms with Crippen LogP contribution in [0.5, 0.6) is 0 Å². The third-order valence-electron chi connectivity index (χ3n) is 0.697. The summed E-state index contributed by atoms with van der Waals surface area (Å²) in [5.41, 5.74) is 0. The number of thiazole rings is 1. The summed E-state index contributed by atoms with van der Waals surface area (Å²) in [5.74, 6) is 0. The lowest BCUT2D eigenvalue weighted by Crippen LogP contribution is -1.52. The lowest BCUT2D eigenvalue weighted by Gasteiger charge is -1.70. The minimum atomic E-state index is 0.910. The summed E-state index contributed by atoms with van der Waals surface area (Å²) in [6.07, 6.45) is 3.56. The van der Waals surface area contributed by atoms with Gasteiger partial charge in [0.25, 0.3) is 0 Å². The quantitative estimate of drug-likeness (QED) is 0.663. The monoisotopic (exact) mass is 189 g/mol. The molecule has 1 nitrogen and oxygen atoms in total. The number of hydrogen-bond acceptors (Lipinski definition) is 2. The normalized spacial score (nSPS) is 9.12. The Labute approximate surface area is 60.2 Å². The molecule has 1 rings (SSSR count). The van der Waals surface area contributed by atoms with E-state index in [4.69, 9.17) is 0 Å². The average molecular weight is 190 g/mol. The van der Waals surface area contributed by atoms with Crippen LogP contribution in [0, 0.1) is 0 Å². The Hall–Kier alpha value is -0.150. The van der Waals surface area contributed by atoms with Gasteiger partial charge in [-0.2, -0.15) is 0 Å². The molecule has 1 aromatic rings. The molecule has 0 radical (unpaired) electrons. The van der Waals surface area contributed by atoms with Gasteiger partial charge in [-0.15, -0.1) is 11.3 Å². The predicted molar refractivity (Wildman–Crippen MR) is 39.9 cm³/mol. The van der Waals surface area contributed by atoms with Gasteiger partial charge in [0.1, 0.15) is 0 Å². The minimum Gasteiger partial charge on any atom is -0.237 e. The van der Waals surface area contributed by atoms with E-state index in [1.807, 2.05) is 0 Å². The van der Waals surface area contributed by atoms with Crippen LogP contribution in [0.2, 0.25) is 0 Å². The van der Waals surface area contributed by atoms with Gasteiger partial charge in [0.15, 0.2) is 3.92 Å². The van der Waals surface area contributed by atoms with Crippen molar-refractivity contribution in [3.8, 4) is 0 Å². The van der Waals surface area contributed by atoms with Crippen molar-refractivity contribution < 1.29 is 0 Å². The molecule has 0 bridgehead atoms. The van der Waals surface area contributed by atoms with Gasteiger partial charge in [0.05, 0.1) is 0 Å². The first-order chi connectivity index (χ1) is 3.83. The molecule has 1 heterocycles. The molecule has 0 N–H and O–H groups in total. The Morgan fingerprint density at radius 2 is 2.62 bits per heavy atom. The van der Waals surface area contributed by atoms with Crippen LogP contribution in [0.4, 0.5) is 0 Å². The maximum absolute atomic E-state index is 3.95. The number of hydrogen-bond donors (Lipinski definition) is 0. The summed E-state index contributed by atoms with van der Waals surface area (Å²) in [4.78, 5) is 5.05. The fourth-order valence-electron chi connectivity index (χ4n) is 0.359. The molecule has 0 aliphatic heterocycles. The molecule has 0 aliphatic carbocycles. The van der Waals surface area contributed by atoms with Crippen molar-refractivity contribution in [1.82, 2.24) is 4.98 Å². The Balaban J connectivity index is 3.00. The fourth-order valence-corrected chi connectivity index (χ4v) is 1.51. The van der Waals surface area contributed by atoms with E-state index in [0.29, 0.717) is 0 Å². The molecule has 8 heavy (non-hydrogen) atoms. The van der Waals surface area contributed by atoms with Crippen LogP contribution in [0.1, 0.15) is 4.88 Å². The first kappa shape index (κ1) is 5.98. The highest BCUT2D eigenvalue weighted by Gasteiger charge is 1.90. The maximum Gasteiger partial charge on any atom is 0.159 e. The third-order valence-corrected chi connectivity index (χ3v) is 2.17. The molecule has 0 saturated carbocycles. The highest BCUT2D eigenvalue weighted by Crippen LogP contribution is 2.18. The largest absolute Gasteiger partial charge is 0.237 e. The average Bonchev–Trinajstić information content (AvgIpc) is 2.14. The Morgan fingerprint density at radius 3 is 2.88 bits per heavy atom. The van der Waals surface area contributed by atoms with Crippen LogP contribution in [0.3, 0.4) is 0 Å². The second kappa shape index (κ2) is 2.42. The molecule has 0 aliphatic rings. The molecular weight excluding hydrogens is 186 g/mol. The van der Waals surface area contributed by atoms with Gasteiger partial charge >= 0.3 is 0 Å². The van der Waals surface area contributed by atoms with Crippen LogP contribution in [0.15, 0.2) is 16.7 Å². The Bertz CT molecular complexity index is 194. The summed E-state index contributed by atoms with van der Waals surface area (Å²) in [7, 11) is 0. The predicted octanol–water partition coefficient (Wildman–Crippen LogP) is 2.55. The molecule has 0 saturated heterocycles. The topological polar surface area (TPSA) is 12.9 Å². The van der Waals surface area contributed by atoms with Gasteiger partial charge in [-0.1, -0.05) is 12.7 Å².